The topological polar surface area (TPSA) is 8.17 Å². The van der Waals surface area contributed by atoms with Crippen molar-refractivity contribution in [3.8, 4) is 27.9 Å². The van der Waals surface area contributed by atoms with Crippen molar-refractivity contribution in [2.24, 2.45) is 0 Å². The molecule has 0 bridgehead atoms. The van der Waals surface area contributed by atoms with E-state index in [0.717, 1.165) is 22.7 Å². The van der Waals surface area contributed by atoms with Crippen molar-refractivity contribution in [1.29, 1.82) is 0 Å². The maximum absolute atomic E-state index is 2.37. The SMILES string of the molecule is c1ccc(-c2ccc(N(c3ccc(-c4ccc5c(c4)sc4ccccc45)cc3)c3ccc(-n4c5ccccc5c5ccccc54)cc3)cc2)cc1. The van der Waals surface area contributed by atoms with Crippen molar-refractivity contribution in [3.05, 3.63) is 194 Å². The number of thiophene rings is 1. The molecule has 240 valence electrons. The van der Waals surface area contributed by atoms with Gasteiger partial charge in [0.25, 0.3) is 0 Å². The Morgan fingerprint density at radius 1 is 0.333 bits per heavy atom. The van der Waals surface area contributed by atoms with Crippen molar-refractivity contribution < 1.29 is 0 Å². The number of anilines is 3. The summed E-state index contributed by atoms with van der Waals surface area (Å²) in [6.07, 6.45) is 0. The summed E-state index contributed by atoms with van der Waals surface area (Å²) in [5, 5.41) is 5.19. The highest BCUT2D eigenvalue weighted by Gasteiger charge is 2.16. The number of para-hydroxylation sites is 2. The molecule has 51 heavy (non-hydrogen) atoms. The highest BCUT2D eigenvalue weighted by molar-refractivity contribution is 7.25. The van der Waals surface area contributed by atoms with Crippen LogP contribution in [-0.2, 0) is 0 Å². The molecule has 0 aliphatic rings. The molecule has 0 amide bonds. The lowest BCUT2D eigenvalue weighted by atomic mass is 10.0. The lowest BCUT2D eigenvalue weighted by Gasteiger charge is -2.26. The number of hydrogen-bond donors (Lipinski definition) is 0. The molecule has 10 rings (SSSR count). The molecule has 2 aromatic heterocycles. The Kier molecular flexibility index (Phi) is 7.04. The second-order valence-electron chi connectivity index (χ2n) is 13.0. The Morgan fingerprint density at radius 2 is 0.784 bits per heavy atom. The predicted octanol–water partition coefficient (Wildman–Crippen LogP) is 14.0. The van der Waals surface area contributed by atoms with Gasteiger partial charge in [0.1, 0.15) is 0 Å². The third-order valence-corrected chi connectivity index (χ3v) is 11.1. The highest BCUT2D eigenvalue weighted by atomic mass is 32.1. The van der Waals surface area contributed by atoms with Crippen LogP contribution >= 0.6 is 11.3 Å². The van der Waals surface area contributed by atoms with Gasteiger partial charge in [0.15, 0.2) is 0 Å². The van der Waals surface area contributed by atoms with Gasteiger partial charge in [0, 0.05) is 53.7 Å². The van der Waals surface area contributed by atoms with Crippen LogP contribution in [0, 0.1) is 0 Å². The quantitative estimate of drug-likeness (QED) is 0.171. The van der Waals surface area contributed by atoms with E-state index in [4.69, 9.17) is 0 Å². The van der Waals surface area contributed by atoms with Crippen LogP contribution in [0.2, 0.25) is 0 Å². The van der Waals surface area contributed by atoms with Crippen molar-refractivity contribution in [3.63, 3.8) is 0 Å². The van der Waals surface area contributed by atoms with Gasteiger partial charge in [-0.3, -0.25) is 0 Å². The molecule has 2 heterocycles. The van der Waals surface area contributed by atoms with E-state index in [1.807, 2.05) is 11.3 Å². The third-order valence-electron chi connectivity index (χ3n) is 10.0. The van der Waals surface area contributed by atoms with Gasteiger partial charge in [0.2, 0.25) is 0 Å². The lowest BCUT2D eigenvalue weighted by molar-refractivity contribution is 1.17. The normalized spacial score (nSPS) is 11.5. The maximum Gasteiger partial charge on any atom is 0.0541 e. The van der Waals surface area contributed by atoms with Gasteiger partial charge in [-0.1, -0.05) is 121 Å². The number of rotatable bonds is 6. The molecule has 3 heteroatoms. The molecule has 8 aromatic carbocycles. The maximum atomic E-state index is 2.37. The second-order valence-corrected chi connectivity index (χ2v) is 14.1. The summed E-state index contributed by atoms with van der Waals surface area (Å²) in [4.78, 5) is 2.35. The third kappa shape index (κ3) is 5.10. The van der Waals surface area contributed by atoms with E-state index >= 15 is 0 Å². The van der Waals surface area contributed by atoms with Crippen LogP contribution < -0.4 is 4.90 Å². The molecule has 0 aliphatic carbocycles. The minimum Gasteiger partial charge on any atom is -0.311 e. The molecule has 0 saturated carbocycles. The van der Waals surface area contributed by atoms with Gasteiger partial charge in [-0.05, 0) is 95.1 Å². The van der Waals surface area contributed by atoms with E-state index < -0.39 is 0 Å². The number of nitrogens with zero attached hydrogens (tertiary/aromatic N) is 2. The number of fused-ring (bicyclic) bond motifs is 6. The van der Waals surface area contributed by atoms with Crippen LogP contribution in [0.15, 0.2) is 194 Å². The van der Waals surface area contributed by atoms with Crippen molar-refractivity contribution >= 4 is 70.4 Å². The summed E-state index contributed by atoms with van der Waals surface area (Å²) in [6.45, 7) is 0. The molecular formula is C48H32N2S. The van der Waals surface area contributed by atoms with Crippen LogP contribution in [0.4, 0.5) is 17.1 Å². The zero-order valence-electron chi connectivity index (χ0n) is 27.8. The zero-order valence-corrected chi connectivity index (χ0v) is 28.6. The van der Waals surface area contributed by atoms with E-state index in [1.54, 1.807) is 0 Å². The highest BCUT2D eigenvalue weighted by Crippen LogP contribution is 2.40. The Morgan fingerprint density at radius 3 is 1.41 bits per heavy atom. The van der Waals surface area contributed by atoms with Crippen molar-refractivity contribution in [2.45, 2.75) is 0 Å². The smallest absolute Gasteiger partial charge is 0.0541 e. The largest absolute Gasteiger partial charge is 0.311 e. The monoisotopic (exact) mass is 668 g/mol. The zero-order chi connectivity index (χ0) is 33.7. The summed E-state index contributed by atoms with van der Waals surface area (Å²) in [5.41, 5.74) is 11.7. The molecule has 0 unspecified atom stereocenters. The lowest BCUT2D eigenvalue weighted by Crippen LogP contribution is -2.10. The minimum absolute atomic E-state index is 1.10. The van der Waals surface area contributed by atoms with Gasteiger partial charge >= 0.3 is 0 Å². The Hall–Kier alpha value is -6.42. The predicted molar refractivity (Wildman–Crippen MR) is 219 cm³/mol. The standard InChI is InChI=1S/C48H32N2S/c1-2-10-33(11-3-1)34-18-23-37(24-19-34)49(38-25-20-35(21-26-38)36-22-31-44-43-14-6-9-17-47(43)51-48(44)32-36)39-27-29-40(30-28-39)50-45-15-7-4-12-41(45)42-13-5-8-16-46(42)50/h1-32H. The van der Waals surface area contributed by atoms with Crippen LogP contribution in [0.3, 0.4) is 0 Å². The summed E-state index contributed by atoms with van der Waals surface area (Å²) in [5.74, 6) is 0. The average Bonchev–Trinajstić information content (AvgIpc) is 3.75. The molecule has 0 aliphatic heterocycles. The molecule has 0 spiro atoms. The summed E-state index contributed by atoms with van der Waals surface area (Å²) < 4.78 is 5.02. The first-order valence-corrected chi connectivity index (χ1v) is 18.2. The van der Waals surface area contributed by atoms with Crippen LogP contribution in [-0.4, -0.2) is 4.57 Å². The van der Waals surface area contributed by atoms with Gasteiger partial charge in [-0.2, -0.15) is 0 Å². The fourth-order valence-electron chi connectivity index (χ4n) is 7.54. The van der Waals surface area contributed by atoms with Crippen molar-refractivity contribution in [1.82, 2.24) is 4.57 Å². The van der Waals surface area contributed by atoms with Crippen LogP contribution in [0.5, 0.6) is 0 Å². The Bertz CT molecular complexity index is 2770. The van der Waals surface area contributed by atoms with Crippen LogP contribution in [0.25, 0.3) is 69.9 Å². The first-order chi connectivity index (χ1) is 25.3. The van der Waals surface area contributed by atoms with E-state index in [-0.39, 0.29) is 0 Å². The average molecular weight is 669 g/mol. The molecule has 10 aromatic rings. The molecular weight excluding hydrogens is 637 g/mol. The summed E-state index contributed by atoms with van der Waals surface area (Å²) in [6, 6.07) is 70.3. The summed E-state index contributed by atoms with van der Waals surface area (Å²) >= 11 is 1.86. The molecule has 2 nitrogen and oxygen atoms in total. The van der Waals surface area contributed by atoms with E-state index in [2.05, 4.69) is 204 Å². The molecule has 0 N–H and O–H groups in total. The minimum atomic E-state index is 1.10. The van der Waals surface area contributed by atoms with Crippen molar-refractivity contribution in [2.75, 3.05) is 4.90 Å². The molecule has 0 radical (unpaired) electrons. The number of aromatic nitrogens is 1. The number of hydrogen-bond acceptors (Lipinski definition) is 2. The van der Waals surface area contributed by atoms with E-state index in [1.165, 1.54) is 64.2 Å². The Labute approximate surface area is 300 Å². The molecule has 0 atom stereocenters. The first kappa shape index (κ1) is 29.5. The van der Waals surface area contributed by atoms with E-state index in [9.17, 15) is 0 Å². The van der Waals surface area contributed by atoms with Gasteiger partial charge < -0.3 is 9.47 Å². The summed E-state index contributed by atoms with van der Waals surface area (Å²) in [7, 11) is 0. The van der Waals surface area contributed by atoms with Crippen LogP contribution in [0.1, 0.15) is 0 Å². The molecule has 0 saturated heterocycles. The molecule has 0 fully saturated rings. The van der Waals surface area contributed by atoms with E-state index in [0.29, 0.717) is 0 Å². The van der Waals surface area contributed by atoms with Gasteiger partial charge in [-0.15, -0.1) is 11.3 Å². The second kappa shape index (κ2) is 12.2. The van der Waals surface area contributed by atoms with Gasteiger partial charge in [-0.25, -0.2) is 0 Å². The fraction of sp³-hybridized carbons (Fsp3) is 0. The Balaban J connectivity index is 1.05. The van der Waals surface area contributed by atoms with Gasteiger partial charge in [0.05, 0.1) is 11.0 Å². The fourth-order valence-corrected chi connectivity index (χ4v) is 8.69. The number of benzene rings is 8. The first-order valence-electron chi connectivity index (χ1n) is 17.3.